The summed E-state index contributed by atoms with van der Waals surface area (Å²) in [5.74, 6) is 0.942. The van der Waals surface area contributed by atoms with Gasteiger partial charge in [0.15, 0.2) is 0 Å². The Morgan fingerprint density at radius 2 is 2.17 bits per heavy atom. The summed E-state index contributed by atoms with van der Waals surface area (Å²) in [5.41, 5.74) is 2.00. The van der Waals surface area contributed by atoms with Crippen molar-refractivity contribution in [2.75, 3.05) is 27.2 Å². The van der Waals surface area contributed by atoms with Crippen LogP contribution in [0, 0.1) is 5.92 Å². The summed E-state index contributed by atoms with van der Waals surface area (Å²) in [6.45, 7) is 1.83. The van der Waals surface area contributed by atoms with Gasteiger partial charge in [-0.3, -0.25) is 14.8 Å². The predicted octanol–water partition coefficient (Wildman–Crippen LogP) is 2.65. The highest BCUT2D eigenvalue weighted by atomic mass is 16.2. The van der Waals surface area contributed by atoms with Gasteiger partial charge in [-0.05, 0) is 30.0 Å². The second kappa shape index (κ2) is 10.2. The van der Waals surface area contributed by atoms with E-state index in [0.29, 0.717) is 13.1 Å². The lowest BCUT2D eigenvalue weighted by atomic mass is 9.87. The number of rotatable bonds is 8. The molecule has 1 aromatic heterocycles. The molecule has 5 nitrogen and oxygen atoms in total. The van der Waals surface area contributed by atoms with Gasteiger partial charge >= 0.3 is 0 Å². The van der Waals surface area contributed by atoms with Gasteiger partial charge in [-0.1, -0.05) is 32.1 Å². The number of aromatic nitrogens is 1. The van der Waals surface area contributed by atoms with E-state index in [9.17, 15) is 4.79 Å². The van der Waals surface area contributed by atoms with Crippen molar-refractivity contribution in [1.82, 2.24) is 15.2 Å². The first-order valence-electron chi connectivity index (χ1n) is 9.01. The van der Waals surface area contributed by atoms with Crippen LogP contribution in [0.15, 0.2) is 23.3 Å². The molecule has 0 aromatic carbocycles. The van der Waals surface area contributed by atoms with Crippen molar-refractivity contribution in [3.63, 3.8) is 0 Å². The van der Waals surface area contributed by atoms with Crippen LogP contribution in [-0.4, -0.2) is 49.2 Å². The van der Waals surface area contributed by atoms with Crippen molar-refractivity contribution in [2.24, 2.45) is 10.9 Å². The molecule has 1 fully saturated rings. The molecular weight excluding hydrogens is 300 g/mol. The highest BCUT2D eigenvalue weighted by Gasteiger charge is 2.12. The zero-order valence-corrected chi connectivity index (χ0v) is 15.0. The Morgan fingerprint density at radius 1 is 1.38 bits per heavy atom. The van der Waals surface area contributed by atoms with Gasteiger partial charge in [-0.25, -0.2) is 0 Å². The van der Waals surface area contributed by atoms with Crippen LogP contribution in [-0.2, 0) is 11.3 Å². The number of hydrogen-bond donors (Lipinski definition) is 1. The minimum atomic E-state index is 0.0652. The molecule has 1 heterocycles. The van der Waals surface area contributed by atoms with Crippen molar-refractivity contribution in [3.8, 4) is 0 Å². The van der Waals surface area contributed by atoms with Crippen LogP contribution in [0.4, 0.5) is 0 Å². The van der Waals surface area contributed by atoms with Crippen molar-refractivity contribution < 1.29 is 4.79 Å². The fourth-order valence-corrected chi connectivity index (χ4v) is 3.03. The smallest absolute Gasteiger partial charge is 0.236 e. The fraction of sp³-hybridized carbons (Fsp3) is 0.632. The normalized spacial score (nSPS) is 15.8. The molecule has 1 amide bonds. The molecule has 1 saturated carbocycles. The van der Waals surface area contributed by atoms with Crippen LogP contribution in [0.25, 0.3) is 0 Å². The average Bonchev–Trinajstić information content (AvgIpc) is 2.60. The molecule has 1 N–H and O–H groups in total. The SMILES string of the molecule is CN(C)C(=O)CNCc1cc(C=NCCC2CCCCC2)ccn1. The number of nitrogens with one attached hydrogen (secondary N) is 1. The molecule has 24 heavy (non-hydrogen) atoms. The zero-order valence-electron chi connectivity index (χ0n) is 15.0. The van der Waals surface area contributed by atoms with Gasteiger partial charge < -0.3 is 10.2 Å². The first kappa shape index (κ1) is 18.6. The summed E-state index contributed by atoms with van der Waals surface area (Å²) in [7, 11) is 3.51. The number of likely N-dealkylation sites (N-methyl/N-ethyl adjacent to an activating group) is 1. The summed E-state index contributed by atoms with van der Waals surface area (Å²) in [6, 6.07) is 4.00. The molecule has 2 rings (SSSR count). The van der Waals surface area contributed by atoms with E-state index < -0.39 is 0 Å². The molecule has 132 valence electrons. The first-order chi connectivity index (χ1) is 11.6. The summed E-state index contributed by atoms with van der Waals surface area (Å²) < 4.78 is 0. The standard InChI is InChI=1S/C19H30N4O/c1-23(2)19(24)15-21-14-18-12-17(9-11-22-18)13-20-10-8-16-6-4-3-5-7-16/h9,11-13,16,21H,3-8,10,14-15H2,1-2H3. The monoisotopic (exact) mass is 330 g/mol. The predicted molar refractivity (Wildman–Crippen MR) is 98.3 cm³/mol. The van der Waals surface area contributed by atoms with Gasteiger partial charge in [0.25, 0.3) is 0 Å². The molecule has 0 aliphatic heterocycles. The molecule has 1 aliphatic carbocycles. The Bertz CT molecular complexity index is 536. The van der Waals surface area contributed by atoms with Crippen molar-refractivity contribution in [1.29, 1.82) is 0 Å². The van der Waals surface area contributed by atoms with Gasteiger partial charge in [0.05, 0.1) is 12.2 Å². The molecule has 0 unspecified atom stereocenters. The third-order valence-corrected chi connectivity index (χ3v) is 4.55. The van der Waals surface area contributed by atoms with Gasteiger partial charge in [-0.2, -0.15) is 0 Å². The summed E-state index contributed by atoms with van der Waals surface area (Å²) in [5, 5.41) is 3.12. The van der Waals surface area contributed by atoms with Gasteiger partial charge in [0.2, 0.25) is 5.91 Å². The van der Waals surface area contributed by atoms with Crippen molar-refractivity contribution >= 4 is 12.1 Å². The highest BCUT2D eigenvalue weighted by Crippen LogP contribution is 2.25. The van der Waals surface area contributed by atoms with E-state index in [1.807, 2.05) is 18.3 Å². The molecule has 0 atom stereocenters. The van der Waals surface area contributed by atoms with Crippen LogP contribution in [0.1, 0.15) is 49.8 Å². The van der Waals surface area contributed by atoms with Gasteiger partial charge in [0.1, 0.15) is 0 Å². The molecule has 0 radical (unpaired) electrons. The molecule has 0 bridgehead atoms. The van der Waals surface area contributed by atoms with Crippen LogP contribution in [0.5, 0.6) is 0 Å². The van der Waals surface area contributed by atoms with E-state index in [0.717, 1.165) is 23.7 Å². The maximum atomic E-state index is 11.5. The van der Waals surface area contributed by atoms with E-state index in [1.165, 1.54) is 38.5 Å². The highest BCUT2D eigenvalue weighted by molar-refractivity contribution is 5.79. The Hall–Kier alpha value is -1.75. The van der Waals surface area contributed by atoms with Gasteiger partial charge in [-0.15, -0.1) is 0 Å². The lowest BCUT2D eigenvalue weighted by Gasteiger charge is -2.20. The van der Waals surface area contributed by atoms with Crippen LogP contribution in [0.2, 0.25) is 0 Å². The zero-order chi connectivity index (χ0) is 17.2. The topological polar surface area (TPSA) is 57.6 Å². The van der Waals surface area contributed by atoms with Crippen LogP contribution >= 0.6 is 0 Å². The third-order valence-electron chi connectivity index (χ3n) is 4.55. The number of carbonyl (C=O) groups excluding carboxylic acids is 1. The second-order valence-corrected chi connectivity index (χ2v) is 6.80. The second-order valence-electron chi connectivity index (χ2n) is 6.80. The maximum Gasteiger partial charge on any atom is 0.236 e. The quantitative estimate of drug-likeness (QED) is 0.746. The largest absolute Gasteiger partial charge is 0.348 e. The number of pyridine rings is 1. The third kappa shape index (κ3) is 6.79. The summed E-state index contributed by atoms with van der Waals surface area (Å²) in [4.78, 5) is 22.0. The van der Waals surface area contributed by atoms with Crippen molar-refractivity contribution in [3.05, 3.63) is 29.6 Å². The Balaban J connectivity index is 1.73. The average molecular weight is 330 g/mol. The minimum absolute atomic E-state index is 0.0652. The molecule has 1 aliphatic rings. The molecule has 0 saturated heterocycles. The van der Waals surface area contributed by atoms with E-state index in [1.54, 1.807) is 25.2 Å². The van der Waals surface area contributed by atoms with E-state index >= 15 is 0 Å². The number of nitrogens with zero attached hydrogens (tertiary/aromatic N) is 3. The molecule has 5 heteroatoms. The first-order valence-corrected chi connectivity index (χ1v) is 9.01. The Kier molecular flexibility index (Phi) is 7.89. The Morgan fingerprint density at radius 3 is 2.92 bits per heavy atom. The number of aliphatic imine (C=N–C) groups is 1. The number of carbonyl (C=O) groups is 1. The lowest BCUT2D eigenvalue weighted by Crippen LogP contribution is -2.32. The molecule has 1 aromatic rings. The number of hydrogen-bond acceptors (Lipinski definition) is 4. The molecule has 0 spiro atoms. The van der Waals surface area contributed by atoms with E-state index in [4.69, 9.17) is 0 Å². The maximum absolute atomic E-state index is 11.5. The van der Waals surface area contributed by atoms with E-state index in [-0.39, 0.29) is 5.91 Å². The molecular formula is C19H30N4O. The minimum Gasteiger partial charge on any atom is -0.348 e. The number of amides is 1. The summed E-state index contributed by atoms with van der Waals surface area (Å²) >= 11 is 0. The summed E-state index contributed by atoms with van der Waals surface area (Å²) in [6.07, 6.45) is 11.9. The lowest BCUT2D eigenvalue weighted by molar-refractivity contribution is -0.127. The van der Waals surface area contributed by atoms with Crippen LogP contribution < -0.4 is 5.32 Å². The van der Waals surface area contributed by atoms with E-state index in [2.05, 4.69) is 15.3 Å². The fourth-order valence-electron chi connectivity index (χ4n) is 3.03. The van der Waals surface area contributed by atoms with Crippen LogP contribution in [0.3, 0.4) is 0 Å². The van der Waals surface area contributed by atoms with Gasteiger partial charge in [0, 0.05) is 39.6 Å². The van der Waals surface area contributed by atoms with Crippen molar-refractivity contribution in [2.45, 2.75) is 45.1 Å². The Labute approximate surface area is 145 Å².